The molecular weight excluding hydrogens is 1140 g/mol. The molecule has 9 N–H and O–H groups in total. The highest BCUT2D eigenvalue weighted by atomic mass is 16.7. The van der Waals surface area contributed by atoms with Gasteiger partial charge in [0.2, 0.25) is 24.2 Å². The molecule has 1 unspecified atom stereocenters. The molecule has 0 aliphatic carbocycles. The lowest BCUT2D eigenvalue weighted by molar-refractivity contribution is -0.250. The summed E-state index contributed by atoms with van der Waals surface area (Å²) in [7, 11) is 1.21. The summed E-state index contributed by atoms with van der Waals surface area (Å²) in [6, 6.07) is -0.200. The number of primary amides is 1. The lowest BCUT2D eigenvalue weighted by Crippen LogP contribution is -2.56. The molecule has 0 spiro atoms. The third-order valence-corrected chi connectivity index (χ3v) is 13.4. The predicted molar refractivity (Wildman–Crippen MR) is 303 cm³/mol. The standard InChI is InChI=1S/C56H93N7O23/c1-4-5-6-7-8-9-10-14-43(65)84-50-47(72-3)48(85-54(50)63-20-15-42(64)62-56(63)71)49(51(59)68)86-55-46(83-45(67)17-22-74-26-30-78-34-36-80-32-28-76-24-19-58)40(37-41(82-55)53(70)61-39-13-11-12-38(2)60-52(39)69)81-44(66)16-21-73-25-29-77-33-35-79-31-27-75-23-18-57/h15,20,37-40,46-50,54-55H,4-14,16-19,21-36,57-58H2,1-3H3,(H2,59,68)(H,60,69)(H,61,70)(H,62,64,71)/t38-,39+,40+,46+,47-,48+,49-,50-,54-,55?/m1/s1. The minimum atomic E-state index is -2.07. The van der Waals surface area contributed by atoms with E-state index in [1.165, 1.54) is 7.11 Å². The van der Waals surface area contributed by atoms with Gasteiger partial charge in [0.25, 0.3) is 11.5 Å². The summed E-state index contributed by atoms with van der Waals surface area (Å²) < 4.78 is 87.1. The number of unbranched alkanes of at least 4 members (excludes halogenated alkanes) is 6. The van der Waals surface area contributed by atoms with Gasteiger partial charge in [-0.05, 0) is 32.6 Å². The van der Waals surface area contributed by atoms with E-state index < -0.39 is 114 Å². The molecule has 1 aromatic rings. The molecule has 86 heavy (non-hydrogen) atoms. The second-order valence-corrected chi connectivity index (χ2v) is 20.3. The van der Waals surface area contributed by atoms with Crippen molar-refractivity contribution in [3.05, 3.63) is 44.9 Å². The Morgan fingerprint density at radius 2 is 1.17 bits per heavy atom. The SMILES string of the molecule is CCCCCCCCCC(=O)O[C@@H]1[C@H](OC)[C@@H]([C@@H](OC2OC(C(=O)N[C@H]3CCC[C@@H](C)NC3=O)=C[C@H](OC(=O)CCOCCOCCOCCOCCN)[C@@H]2OC(=O)CCOCCOCCOCCOCCN)C(N)=O)O[C@H]1n1ccc(=O)[nH]c1=O. The van der Waals surface area contributed by atoms with Gasteiger partial charge in [0.15, 0.2) is 30.3 Å². The molecule has 4 heterocycles. The van der Waals surface area contributed by atoms with E-state index >= 15 is 0 Å². The van der Waals surface area contributed by atoms with Crippen LogP contribution in [0.5, 0.6) is 0 Å². The molecule has 3 aliphatic rings. The summed E-state index contributed by atoms with van der Waals surface area (Å²) >= 11 is 0. The van der Waals surface area contributed by atoms with Crippen LogP contribution in [0.1, 0.15) is 104 Å². The van der Waals surface area contributed by atoms with Crippen LogP contribution in [0.25, 0.3) is 0 Å². The van der Waals surface area contributed by atoms with Crippen molar-refractivity contribution in [2.24, 2.45) is 17.2 Å². The molecule has 3 amide bonds. The number of nitrogens with two attached hydrogens (primary N) is 3. The molecule has 30 nitrogen and oxygen atoms in total. The third-order valence-electron chi connectivity index (χ3n) is 13.4. The van der Waals surface area contributed by atoms with Gasteiger partial charge < -0.3 is 98.9 Å². The molecule has 2 saturated heterocycles. The number of ether oxygens (including phenoxy) is 15. The lowest BCUT2D eigenvalue weighted by Gasteiger charge is -2.38. The molecule has 0 bridgehead atoms. The average Bonchev–Trinajstić information content (AvgIpc) is 2.00. The molecule has 3 aliphatic heterocycles. The van der Waals surface area contributed by atoms with Crippen LogP contribution >= 0.6 is 0 Å². The van der Waals surface area contributed by atoms with E-state index in [0.717, 1.165) is 61.4 Å². The van der Waals surface area contributed by atoms with E-state index in [0.29, 0.717) is 85.2 Å². The zero-order valence-electron chi connectivity index (χ0n) is 50.0. The van der Waals surface area contributed by atoms with Crippen LogP contribution in [-0.2, 0) is 99.8 Å². The normalized spacial score (nSPS) is 22.5. The zero-order chi connectivity index (χ0) is 62.3. The Kier molecular flexibility index (Phi) is 36.7. The number of carbonyl (C=O) groups excluding carboxylic acids is 6. The van der Waals surface area contributed by atoms with Crippen LogP contribution in [0.15, 0.2) is 33.7 Å². The summed E-state index contributed by atoms with van der Waals surface area (Å²) in [5, 5.41) is 5.48. The number of rotatable bonds is 47. The highest BCUT2D eigenvalue weighted by Crippen LogP contribution is 2.37. The number of hydrogen-bond donors (Lipinski definition) is 6. The quantitative estimate of drug-likeness (QED) is 0.0271. The maximum absolute atomic E-state index is 14.3. The molecule has 1 aromatic heterocycles. The van der Waals surface area contributed by atoms with Gasteiger partial charge in [0.1, 0.15) is 18.2 Å². The number of nitrogens with one attached hydrogen (secondary N) is 3. The Morgan fingerprint density at radius 1 is 0.663 bits per heavy atom. The Morgan fingerprint density at radius 3 is 1.71 bits per heavy atom. The number of amides is 3. The van der Waals surface area contributed by atoms with Crippen LogP contribution in [-0.4, -0.2) is 226 Å². The smallest absolute Gasteiger partial charge is 0.330 e. The lowest BCUT2D eigenvalue weighted by atomic mass is 10.0. The fourth-order valence-corrected chi connectivity index (χ4v) is 9.09. The van der Waals surface area contributed by atoms with E-state index in [1.807, 2.05) is 6.92 Å². The Hall–Kier alpha value is -5.48. The van der Waals surface area contributed by atoms with Crippen LogP contribution < -0.4 is 39.1 Å². The highest BCUT2D eigenvalue weighted by Gasteiger charge is 2.55. The summed E-state index contributed by atoms with van der Waals surface area (Å²) in [6.45, 7) is 8.37. The van der Waals surface area contributed by atoms with Crippen molar-refractivity contribution in [2.45, 2.75) is 159 Å². The fourth-order valence-electron chi connectivity index (χ4n) is 9.09. The largest absolute Gasteiger partial charge is 0.455 e. The Balaban J connectivity index is 1.61. The molecule has 2 fully saturated rings. The number of carbonyl (C=O) groups is 6. The zero-order valence-corrected chi connectivity index (χ0v) is 50.0. The van der Waals surface area contributed by atoms with Crippen molar-refractivity contribution in [3.8, 4) is 0 Å². The van der Waals surface area contributed by atoms with Crippen molar-refractivity contribution >= 4 is 35.6 Å². The van der Waals surface area contributed by atoms with Gasteiger partial charge in [-0.3, -0.25) is 43.1 Å². The maximum atomic E-state index is 14.3. The van der Waals surface area contributed by atoms with Gasteiger partial charge in [-0.1, -0.05) is 45.4 Å². The van der Waals surface area contributed by atoms with Crippen LogP contribution in [0.4, 0.5) is 0 Å². The van der Waals surface area contributed by atoms with Gasteiger partial charge >= 0.3 is 23.6 Å². The summed E-state index contributed by atoms with van der Waals surface area (Å²) in [4.78, 5) is 110. The van der Waals surface area contributed by atoms with Crippen molar-refractivity contribution < 1.29 is 99.8 Å². The van der Waals surface area contributed by atoms with E-state index in [4.69, 9.17) is 88.3 Å². The third kappa shape index (κ3) is 27.7. The minimum Gasteiger partial charge on any atom is -0.455 e. The van der Waals surface area contributed by atoms with Crippen LogP contribution in [0.3, 0.4) is 0 Å². The number of aromatic amines is 1. The second kappa shape index (κ2) is 43.2. The number of esters is 3. The van der Waals surface area contributed by atoms with Gasteiger partial charge in [0, 0.05) is 51.0 Å². The monoisotopic (exact) mass is 1230 g/mol. The van der Waals surface area contributed by atoms with Crippen molar-refractivity contribution in [1.29, 1.82) is 0 Å². The van der Waals surface area contributed by atoms with E-state index in [2.05, 4.69) is 22.5 Å². The average molecular weight is 1230 g/mol. The van der Waals surface area contributed by atoms with Crippen LogP contribution in [0.2, 0.25) is 0 Å². The highest BCUT2D eigenvalue weighted by molar-refractivity contribution is 5.96. The molecule has 10 atom stereocenters. The van der Waals surface area contributed by atoms with E-state index in [1.54, 1.807) is 0 Å². The van der Waals surface area contributed by atoms with Gasteiger partial charge in [-0.2, -0.15) is 0 Å². The number of hydrogen-bond acceptors (Lipinski definition) is 25. The van der Waals surface area contributed by atoms with Crippen molar-refractivity contribution in [2.75, 3.05) is 126 Å². The Labute approximate surface area is 500 Å². The van der Waals surface area contributed by atoms with Crippen LogP contribution in [0, 0.1) is 0 Å². The molecule has 0 radical (unpaired) electrons. The molecule has 0 saturated carbocycles. The molecule has 30 heteroatoms. The summed E-state index contributed by atoms with van der Waals surface area (Å²) in [5.41, 5.74) is 15.2. The number of methoxy groups -OCH3 is 1. The number of aromatic nitrogens is 2. The second-order valence-electron chi connectivity index (χ2n) is 20.3. The van der Waals surface area contributed by atoms with Crippen molar-refractivity contribution in [1.82, 2.24) is 20.2 Å². The van der Waals surface area contributed by atoms with Gasteiger partial charge in [-0.15, -0.1) is 0 Å². The molecule has 4 rings (SSSR count). The topological polar surface area (TPSA) is 398 Å². The first kappa shape index (κ1) is 73.0. The minimum absolute atomic E-state index is 0.0264. The molecule has 490 valence electrons. The van der Waals surface area contributed by atoms with Gasteiger partial charge in [0.05, 0.1) is 119 Å². The van der Waals surface area contributed by atoms with E-state index in [9.17, 15) is 38.4 Å². The van der Waals surface area contributed by atoms with E-state index in [-0.39, 0.29) is 78.2 Å². The first-order valence-electron chi connectivity index (χ1n) is 29.8. The summed E-state index contributed by atoms with van der Waals surface area (Å²) in [6.07, 6.45) is -4.73. The molecule has 0 aromatic carbocycles. The first-order valence-corrected chi connectivity index (χ1v) is 29.8. The van der Waals surface area contributed by atoms with Gasteiger partial charge in [-0.25, -0.2) is 4.79 Å². The fraction of sp³-hybridized carbons (Fsp3) is 0.786. The number of H-pyrrole nitrogens is 1. The predicted octanol–water partition coefficient (Wildman–Crippen LogP) is -0.560. The van der Waals surface area contributed by atoms with Crippen molar-refractivity contribution in [3.63, 3.8) is 0 Å². The maximum Gasteiger partial charge on any atom is 0.330 e. The molecular formula is C56H93N7O23. The first-order chi connectivity index (χ1) is 41.7. The Bertz CT molecular complexity index is 2290. The number of nitrogens with zero attached hydrogens (tertiary/aromatic N) is 1. The summed E-state index contributed by atoms with van der Waals surface area (Å²) in [5.74, 6) is -5.86.